The lowest BCUT2D eigenvalue weighted by Crippen LogP contribution is -2.35. The first-order chi connectivity index (χ1) is 10.2. The van der Waals surface area contributed by atoms with Crippen LogP contribution in [0, 0.1) is 0 Å². The van der Waals surface area contributed by atoms with Gasteiger partial charge in [-0.05, 0) is 55.1 Å². The van der Waals surface area contributed by atoms with E-state index in [1.165, 1.54) is 17.5 Å². The second kappa shape index (κ2) is 7.94. The van der Waals surface area contributed by atoms with Gasteiger partial charge in [-0.2, -0.15) is 5.10 Å². The lowest BCUT2D eigenvalue weighted by molar-refractivity contribution is 0.371. The van der Waals surface area contributed by atoms with Crippen LogP contribution in [0.2, 0.25) is 0 Å². The van der Waals surface area contributed by atoms with Crippen molar-refractivity contribution in [3.63, 3.8) is 0 Å². The Morgan fingerprint density at radius 1 is 1.33 bits per heavy atom. The average Bonchev–Trinajstić information content (AvgIpc) is 2.52. The molecule has 2 rings (SSSR count). The second-order valence-corrected chi connectivity index (χ2v) is 6.53. The van der Waals surface area contributed by atoms with Gasteiger partial charge in [0, 0.05) is 18.6 Å². The SMILES string of the molecule is CCCCn1ncc(NC2CCC(NC)CC2)c(Br)c1=O. The van der Waals surface area contributed by atoms with Gasteiger partial charge in [-0.1, -0.05) is 13.3 Å². The topological polar surface area (TPSA) is 59.0 Å². The summed E-state index contributed by atoms with van der Waals surface area (Å²) in [5.74, 6) is 0. The molecule has 118 valence electrons. The van der Waals surface area contributed by atoms with Gasteiger partial charge in [-0.15, -0.1) is 0 Å². The highest BCUT2D eigenvalue weighted by Gasteiger charge is 2.21. The van der Waals surface area contributed by atoms with Crippen LogP contribution >= 0.6 is 15.9 Å². The zero-order chi connectivity index (χ0) is 15.2. The number of nitrogens with one attached hydrogen (secondary N) is 2. The summed E-state index contributed by atoms with van der Waals surface area (Å²) in [6, 6.07) is 1.06. The van der Waals surface area contributed by atoms with Crippen molar-refractivity contribution in [3.05, 3.63) is 21.0 Å². The van der Waals surface area contributed by atoms with E-state index in [1.807, 2.05) is 7.05 Å². The molecule has 1 aromatic rings. The number of nitrogens with zero attached hydrogens (tertiary/aromatic N) is 2. The molecule has 0 bridgehead atoms. The van der Waals surface area contributed by atoms with Gasteiger partial charge in [0.05, 0.1) is 11.9 Å². The van der Waals surface area contributed by atoms with Crippen molar-refractivity contribution in [2.45, 2.75) is 64.1 Å². The maximum atomic E-state index is 12.2. The molecule has 0 spiro atoms. The largest absolute Gasteiger partial charge is 0.380 e. The minimum atomic E-state index is -0.0441. The number of aromatic nitrogens is 2. The summed E-state index contributed by atoms with van der Waals surface area (Å²) in [5.41, 5.74) is 0.776. The molecule has 0 radical (unpaired) electrons. The molecule has 5 nitrogen and oxygen atoms in total. The molecule has 1 heterocycles. The van der Waals surface area contributed by atoms with E-state index in [1.54, 1.807) is 6.20 Å². The van der Waals surface area contributed by atoms with E-state index in [-0.39, 0.29) is 5.56 Å². The fourth-order valence-corrected chi connectivity index (χ4v) is 3.20. The molecule has 6 heteroatoms. The Bertz CT molecular complexity index is 509. The number of unbranched alkanes of at least 4 members (excludes halogenated alkanes) is 1. The first-order valence-electron chi connectivity index (χ1n) is 7.85. The maximum Gasteiger partial charge on any atom is 0.283 e. The molecule has 1 fully saturated rings. The normalized spacial score (nSPS) is 22.2. The number of hydrogen-bond acceptors (Lipinski definition) is 4. The van der Waals surface area contributed by atoms with Crippen LogP contribution in [0.4, 0.5) is 5.69 Å². The van der Waals surface area contributed by atoms with Crippen molar-refractivity contribution < 1.29 is 0 Å². The third-order valence-electron chi connectivity index (χ3n) is 4.20. The van der Waals surface area contributed by atoms with E-state index in [0.29, 0.717) is 23.1 Å². The van der Waals surface area contributed by atoms with E-state index >= 15 is 0 Å². The minimum absolute atomic E-state index is 0.0441. The summed E-state index contributed by atoms with van der Waals surface area (Å²) in [7, 11) is 2.02. The Balaban J connectivity index is 2.01. The van der Waals surface area contributed by atoms with Crippen molar-refractivity contribution >= 4 is 21.6 Å². The van der Waals surface area contributed by atoms with E-state index in [9.17, 15) is 4.79 Å². The van der Waals surface area contributed by atoms with Gasteiger partial charge in [0.15, 0.2) is 0 Å². The van der Waals surface area contributed by atoms with Crippen molar-refractivity contribution in [1.82, 2.24) is 15.1 Å². The van der Waals surface area contributed by atoms with Gasteiger partial charge in [-0.3, -0.25) is 4.79 Å². The predicted octanol–water partition coefficient (Wildman–Crippen LogP) is 2.75. The fraction of sp³-hybridized carbons (Fsp3) is 0.733. The fourth-order valence-electron chi connectivity index (χ4n) is 2.78. The van der Waals surface area contributed by atoms with Crippen LogP contribution < -0.4 is 16.2 Å². The number of rotatable bonds is 6. The molecule has 0 amide bonds. The summed E-state index contributed by atoms with van der Waals surface area (Å²) in [5, 5.41) is 11.1. The monoisotopic (exact) mass is 356 g/mol. The van der Waals surface area contributed by atoms with E-state index in [2.05, 4.69) is 38.6 Å². The van der Waals surface area contributed by atoms with Crippen LogP contribution in [0.3, 0.4) is 0 Å². The van der Waals surface area contributed by atoms with Crippen LogP contribution in [0.25, 0.3) is 0 Å². The number of halogens is 1. The third-order valence-corrected chi connectivity index (χ3v) is 4.97. The Labute approximate surface area is 134 Å². The molecule has 0 unspecified atom stereocenters. The average molecular weight is 357 g/mol. The van der Waals surface area contributed by atoms with Crippen LogP contribution in [0.15, 0.2) is 15.5 Å². The minimum Gasteiger partial charge on any atom is -0.380 e. The quantitative estimate of drug-likeness (QED) is 0.822. The predicted molar refractivity (Wildman–Crippen MR) is 89.8 cm³/mol. The molecule has 0 atom stereocenters. The summed E-state index contributed by atoms with van der Waals surface area (Å²) < 4.78 is 2.14. The Morgan fingerprint density at radius 3 is 2.62 bits per heavy atom. The van der Waals surface area contributed by atoms with Crippen molar-refractivity contribution in [1.29, 1.82) is 0 Å². The summed E-state index contributed by atoms with van der Waals surface area (Å²) in [6.07, 6.45) is 8.39. The molecular formula is C15H25BrN4O. The van der Waals surface area contributed by atoms with Gasteiger partial charge in [0.2, 0.25) is 0 Å². The summed E-state index contributed by atoms with van der Waals surface area (Å²) >= 11 is 3.43. The van der Waals surface area contributed by atoms with Gasteiger partial charge < -0.3 is 10.6 Å². The third kappa shape index (κ3) is 4.30. The Kier molecular flexibility index (Phi) is 6.23. The lowest BCUT2D eigenvalue weighted by Gasteiger charge is -2.29. The van der Waals surface area contributed by atoms with E-state index in [4.69, 9.17) is 0 Å². The van der Waals surface area contributed by atoms with Gasteiger partial charge in [0.25, 0.3) is 5.56 Å². The van der Waals surface area contributed by atoms with Crippen LogP contribution in [0.5, 0.6) is 0 Å². The zero-order valence-electron chi connectivity index (χ0n) is 12.9. The molecule has 2 N–H and O–H groups in total. The van der Waals surface area contributed by atoms with Crippen molar-refractivity contribution in [3.8, 4) is 0 Å². The zero-order valence-corrected chi connectivity index (χ0v) is 14.4. The number of anilines is 1. The second-order valence-electron chi connectivity index (χ2n) is 5.74. The molecule has 21 heavy (non-hydrogen) atoms. The number of hydrogen-bond donors (Lipinski definition) is 2. The molecule has 1 aromatic heterocycles. The maximum absolute atomic E-state index is 12.2. The van der Waals surface area contributed by atoms with Crippen molar-refractivity contribution in [2.24, 2.45) is 0 Å². The smallest absolute Gasteiger partial charge is 0.283 e. The molecule has 1 saturated carbocycles. The molecule has 0 aromatic carbocycles. The van der Waals surface area contributed by atoms with Gasteiger partial charge in [0.1, 0.15) is 4.47 Å². The Morgan fingerprint density at radius 2 is 2.00 bits per heavy atom. The highest BCUT2D eigenvalue weighted by Crippen LogP contribution is 2.24. The van der Waals surface area contributed by atoms with Gasteiger partial charge in [-0.25, -0.2) is 4.68 Å². The van der Waals surface area contributed by atoms with E-state index < -0.39 is 0 Å². The van der Waals surface area contributed by atoms with Crippen molar-refractivity contribution in [2.75, 3.05) is 12.4 Å². The molecule has 1 aliphatic rings. The lowest BCUT2D eigenvalue weighted by atomic mass is 9.91. The van der Waals surface area contributed by atoms with Crippen LogP contribution in [-0.2, 0) is 6.54 Å². The highest BCUT2D eigenvalue weighted by molar-refractivity contribution is 9.10. The summed E-state index contributed by atoms with van der Waals surface area (Å²) in [4.78, 5) is 12.2. The highest BCUT2D eigenvalue weighted by atomic mass is 79.9. The van der Waals surface area contributed by atoms with E-state index in [0.717, 1.165) is 31.4 Å². The molecule has 1 aliphatic carbocycles. The Hall–Kier alpha value is -0.880. The standard InChI is InChI=1S/C15H25BrN4O/c1-3-4-9-20-15(21)14(16)13(10-18-20)19-12-7-5-11(17-2)6-8-12/h10-12,17,19H,3-9H2,1-2H3. The van der Waals surface area contributed by atoms with Gasteiger partial charge >= 0.3 is 0 Å². The summed E-state index contributed by atoms with van der Waals surface area (Å²) in [6.45, 7) is 2.79. The molecule has 0 aliphatic heterocycles. The first kappa shape index (κ1) is 16.5. The first-order valence-corrected chi connectivity index (χ1v) is 8.64. The van der Waals surface area contributed by atoms with Crippen LogP contribution in [0.1, 0.15) is 45.4 Å². The van der Waals surface area contributed by atoms with Crippen LogP contribution in [-0.4, -0.2) is 28.9 Å². The molecule has 0 saturated heterocycles. The number of aryl methyl sites for hydroxylation is 1. The molecular weight excluding hydrogens is 332 g/mol.